The van der Waals surface area contributed by atoms with Crippen molar-refractivity contribution in [1.82, 2.24) is 15.6 Å². The largest absolute Gasteiger partial charge is 0.497 e. The van der Waals surface area contributed by atoms with Gasteiger partial charge in [0.25, 0.3) is 0 Å². The average molecular weight is 524 g/mol. The molecule has 30 heavy (non-hydrogen) atoms. The second-order valence-corrected chi connectivity index (χ2v) is 7.31. The standard InChI is InChI=1S/C23H32N4O2.HI/c1-3-24-22(26-15-11-20-6-4-5-14-25-20)27-18-23(12-16-29-17-13-23)19-7-9-21(28-2)10-8-19;/h4-10,14H,3,11-13,15-18H2,1-2H3,(H2,24,26,27);1H. The normalized spacial score (nSPS) is 15.7. The van der Waals surface area contributed by atoms with E-state index in [1.54, 1.807) is 7.11 Å². The number of halogens is 1. The minimum absolute atomic E-state index is 0. The molecule has 7 heteroatoms. The van der Waals surface area contributed by atoms with Crippen molar-refractivity contribution in [3.8, 4) is 5.75 Å². The molecule has 1 aliphatic rings. The molecule has 0 radical (unpaired) electrons. The Kier molecular flexibility index (Phi) is 10.4. The summed E-state index contributed by atoms with van der Waals surface area (Å²) in [6.45, 7) is 5.97. The average Bonchev–Trinajstić information content (AvgIpc) is 2.79. The maximum Gasteiger partial charge on any atom is 0.191 e. The summed E-state index contributed by atoms with van der Waals surface area (Å²) in [5.41, 5.74) is 2.37. The van der Waals surface area contributed by atoms with Crippen molar-refractivity contribution >= 4 is 29.9 Å². The molecule has 0 bridgehead atoms. The summed E-state index contributed by atoms with van der Waals surface area (Å²) in [5, 5.41) is 6.81. The van der Waals surface area contributed by atoms with Crippen LogP contribution in [0.3, 0.4) is 0 Å². The predicted molar refractivity (Wildman–Crippen MR) is 132 cm³/mol. The van der Waals surface area contributed by atoms with Gasteiger partial charge in [0.15, 0.2) is 5.96 Å². The number of benzene rings is 1. The summed E-state index contributed by atoms with van der Waals surface area (Å²) < 4.78 is 11.0. The van der Waals surface area contributed by atoms with Gasteiger partial charge in [0.05, 0.1) is 13.7 Å². The zero-order valence-corrected chi connectivity index (χ0v) is 20.2. The van der Waals surface area contributed by atoms with Crippen LogP contribution in [0, 0.1) is 0 Å². The summed E-state index contributed by atoms with van der Waals surface area (Å²) in [5.74, 6) is 1.73. The smallest absolute Gasteiger partial charge is 0.191 e. The third-order valence-corrected chi connectivity index (χ3v) is 5.44. The molecule has 0 unspecified atom stereocenters. The van der Waals surface area contributed by atoms with Gasteiger partial charge in [-0.15, -0.1) is 24.0 Å². The number of hydrogen-bond acceptors (Lipinski definition) is 4. The number of aromatic nitrogens is 1. The fraction of sp³-hybridized carbons (Fsp3) is 0.478. The van der Waals surface area contributed by atoms with Crippen LogP contribution >= 0.6 is 24.0 Å². The molecule has 1 aromatic carbocycles. The molecular formula is C23H33IN4O2. The van der Waals surface area contributed by atoms with E-state index in [0.29, 0.717) is 0 Å². The highest BCUT2D eigenvalue weighted by Gasteiger charge is 2.34. The molecule has 164 valence electrons. The van der Waals surface area contributed by atoms with E-state index in [9.17, 15) is 0 Å². The fourth-order valence-electron chi connectivity index (χ4n) is 3.67. The highest BCUT2D eigenvalue weighted by atomic mass is 127. The van der Waals surface area contributed by atoms with Gasteiger partial charge < -0.3 is 20.1 Å². The first-order chi connectivity index (χ1) is 14.3. The minimum atomic E-state index is -0.00609. The molecule has 0 atom stereocenters. The molecule has 2 heterocycles. The van der Waals surface area contributed by atoms with Crippen LogP contribution in [0.5, 0.6) is 5.75 Å². The molecule has 1 saturated heterocycles. The van der Waals surface area contributed by atoms with E-state index in [2.05, 4.69) is 34.7 Å². The van der Waals surface area contributed by atoms with Crippen LogP contribution in [0.2, 0.25) is 0 Å². The van der Waals surface area contributed by atoms with Gasteiger partial charge in [-0.2, -0.15) is 0 Å². The van der Waals surface area contributed by atoms with Gasteiger partial charge >= 0.3 is 0 Å². The van der Waals surface area contributed by atoms with E-state index in [0.717, 1.165) is 69.5 Å². The molecule has 1 aromatic heterocycles. The zero-order chi connectivity index (χ0) is 20.4. The second-order valence-electron chi connectivity index (χ2n) is 7.31. The third-order valence-electron chi connectivity index (χ3n) is 5.44. The number of nitrogens with one attached hydrogen (secondary N) is 2. The molecule has 0 saturated carbocycles. The summed E-state index contributed by atoms with van der Waals surface area (Å²) in [7, 11) is 1.70. The van der Waals surface area contributed by atoms with E-state index < -0.39 is 0 Å². The van der Waals surface area contributed by atoms with E-state index in [-0.39, 0.29) is 29.4 Å². The highest BCUT2D eigenvalue weighted by Crippen LogP contribution is 2.36. The number of hydrogen-bond donors (Lipinski definition) is 2. The van der Waals surface area contributed by atoms with Crippen molar-refractivity contribution < 1.29 is 9.47 Å². The Morgan fingerprint density at radius 3 is 2.53 bits per heavy atom. The Morgan fingerprint density at radius 2 is 1.90 bits per heavy atom. The number of rotatable bonds is 8. The Balaban J connectivity index is 0.00000320. The van der Waals surface area contributed by atoms with E-state index >= 15 is 0 Å². The van der Waals surface area contributed by atoms with E-state index in [1.165, 1.54) is 5.56 Å². The minimum Gasteiger partial charge on any atom is -0.497 e. The second kappa shape index (κ2) is 12.7. The van der Waals surface area contributed by atoms with E-state index in [4.69, 9.17) is 14.5 Å². The number of methoxy groups -OCH3 is 1. The van der Waals surface area contributed by atoms with Crippen LogP contribution in [-0.4, -0.2) is 50.9 Å². The lowest BCUT2D eigenvalue weighted by Gasteiger charge is -2.36. The number of pyridine rings is 1. The number of guanidine groups is 1. The summed E-state index contributed by atoms with van der Waals surface area (Å²) in [6.07, 6.45) is 4.63. The Bertz CT molecular complexity index is 763. The van der Waals surface area contributed by atoms with Gasteiger partial charge in [0.2, 0.25) is 0 Å². The number of nitrogens with zero attached hydrogens (tertiary/aromatic N) is 2. The van der Waals surface area contributed by atoms with Crippen molar-refractivity contribution in [1.29, 1.82) is 0 Å². The summed E-state index contributed by atoms with van der Waals surface area (Å²) in [6, 6.07) is 14.4. The molecular weight excluding hydrogens is 491 g/mol. The quantitative estimate of drug-likeness (QED) is 0.314. The van der Waals surface area contributed by atoms with Crippen molar-refractivity contribution in [2.24, 2.45) is 4.99 Å². The van der Waals surface area contributed by atoms with Gasteiger partial charge in [0.1, 0.15) is 5.75 Å². The molecule has 3 rings (SSSR count). The van der Waals surface area contributed by atoms with Gasteiger partial charge in [-0.05, 0) is 49.6 Å². The van der Waals surface area contributed by atoms with Gasteiger partial charge in [-0.25, -0.2) is 0 Å². The van der Waals surface area contributed by atoms with Crippen molar-refractivity contribution in [3.63, 3.8) is 0 Å². The predicted octanol–water partition coefficient (Wildman–Crippen LogP) is 3.55. The third kappa shape index (κ3) is 6.84. The zero-order valence-electron chi connectivity index (χ0n) is 17.9. The first kappa shape index (κ1) is 24.4. The van der Waals surface area contributed by atoms with Crippen LogP contribution in [0.15, 0.2) is 53.7 Å². The summed E-state index contributed by atoms with van der Waals surface area (Å²) >= 11 is 0. The molecule has 0 amide bonds. The Hall–Kier alpha value is -1.87. The Labute approximate surface area is 196 Å². The fourth-order valence-corrected chi connectivity index (χ4v) is 3.67. The molecule has 0 aliphatic carbocycles. The lowest BCUT2D eigenvalue weighted by molar-refractivity contribution is 0.0531. The van der Waals surface area contributed by atoms with Crippen molar-refractivity contribution in [3.05, 3.63) is 59.9 Å². The molecule has 2 aromatic rings. The van der Waals surface area contributed by atoms with Gasteiger partial charge in [-0.1, -0.05) is 18.2 Å². The molecule has 6 nitrogen and oxygen atoms in total. The maximum absolute atomic E-state index is 5.65. The van der Waals surface area contributed by atoms with Gasteiger partial charge in [-0.3, -0.25) is 9.98 Å². The number of ether oxygens (including phenoxy) is 2. The molecule has 1 fully saturated rings. The maximum atomic E-state index is 5.65. The van der Waals surface area contributed by atoms with Crippen molar-refractivity contribution in [2.75, 3.05) is 40.0 Å². The van der Waals surface area contributed by atoms with Gasteiger partial charge in [0, 0.05) is 50.0 Å². The van der Waals surface area contributed by atoms with Crippen LogP contribution in [-0.2, 0) is 16.6 Å². The Morgan fingerprint density at radius 1 is 1.13 bits per heavy atom. The SMILES string of the molecule is CCNC(=NCC1(c2ccc(OC)cc2)CCOCC1)NCCc1ccccn1.I. The van der Waals surface area contributed by atoms with Crippen LogP contribution in [0.25, 0.3) is 0 Å². The van der Waals surface area contributed by atoms with Crippen LogP contribution in [0.4, 0.5) is 0 Å². The summed E-state index contributed by atoms with van der Waals surface area (Å²) in [4.78, 5) is 9.33. The van der Waals surface area contributed by atoms with Crippen LogP contribution < -0.4 is 15.4 Å². The van der Waals surface area contributed by atoms with Crippen molar-refractivity contribution in [2.45, 2.75) is 31.6 Å². The number of aliphatic imine (C=N–C) groups is 1. The molecule has 1 aliphatic heterocycles. The lowest BCUT2D eigenvalue weighted by atomic mass is 9.74. The van der Waals surface area contributed by atoms with Crippen LogP contribution in [0.1, 0.15) is 31.0 Å². The topological polar surface area (TPSA) is 67.8 Å². The monoisotopic (exact) mass is 524 g/mol. The first-order valence-electron chi connectivity index (χ1n) is 10.4. The molecule has 2 N–H and O–H groups in total. The van der Waals surface area contributed by atoms with E-state index in [1.807, 2.05) is 36.5 Å². The highest BCUT2D eigenvalue weighted by molar-refractivity contribution is 14.0. The molecule has 0 spiro atoms. The lowest BCUT2D eigenvalue weighted by Crippen LogP contribution is -2.41. The first-order valence-corrected chi connectivity index (χ1v) is 10.4.